The molecule has 0 aliphatic carbocycles. The van der Waals surface area contributed by atoms with Crippen LogP contribution in [0.15, 0.2) is 48.7 Å². The van der Waals surface area contributed by atoms with Crippen LogP contribution in [0.4, 0.5) is 5.69 Å². The van der Waals surface area contributed by atoms with Crippen LogP contribution < -0.4 is 5.32 Å². The number of nitrogens with one attached hydrogen (secondary N) is 1. The zero-order chi connectivity index (χ0) is 24.8. The molecule has 0 spiro atoms. The van der Waals surface area contributed by atoms with Crippen molar-refractivity contribution in [3.63, 3.8) is 0 Å². The average Bonchev–Trinajstić information content (AvgIpc) is 2.87. The van der Waals surface area contributed by atoms with Crippen LogP contribution in [0.5, 0.6) is 0 Å². The highest BCUT2D eigenvalue weighted by molar-refractivity contribution is 6.31. The molecule has 5 N–H and O–H groups in total. The largest absolute Gasteiger partial charge is 0.494 e. The lowest BCUT2D eigenvalue weighted by Gasteiger charge is -2.43. The van der Waals surface area contributed by atoms with Gasteiger partial charge in [0.15, 0.2) is 5.76 Å². The minimum Gasteiger partial charge on any atom is -0.494 e. The zero-order valence-corrected chi connectivity index (χ0v) is 20.3. The summed E-state index contributed by atoms with van der Waals surface area (Å²) in [7, 11) is 0. The molecule has 2 aromatic rings. The summed E-state index contributed by atoms with van der Waals surface area (Å²) in [6.07, 6.45) is -0.283. The van der Waals surface area contributed by atoms with Gasteiger partial charge in [-0.25, -0.2) is 0 Å². The maximum Gasteiger partial charge on any atom is 0.161 e. The lowest BCUT2D eigenvalue weighted by Crippen LogP contribution is -2.62. The van der Waals surface area contributed by atoms with Crippen molar-refractivity contribution in [2.45, 2.75) is 37.2 Å². The molecule has 1 saturated heterocycles. The van der Waals surface area contributed by atoms with Crippen LogP contribution in [-0.2, 0) is 22.3 Å². The molecule has 0 bridgehead atoms. The average molecular weight is 505 g/mol. The molecule has 2 aromatic carbocycles. The second-order valence-corrected chi connectivity index (χ2v) is 9.40. The van der Waals surface area contributed by atoms with E-state index in [4.69, 9.17) is 21.1 Å². The number of β-amino-alcohol motifs (C(OH)–C–C–N with tert-alkyl or cyclic N) is 1. The minimum atomic E-state index is -1.23. The molecule has 4 atom stereocenters. The summed E-state index contributed by atoms with van der Waals surface area (Å²) in [6, 6.07) is 13.4. The zero-order valence-electron chi connectivity index (χ0n) is 19.5. The van der Waals surface area contributed by atoms with E-state index in [1.165, 1.54) is 5.56 Å². The quantitative estimate of drug-likeness (QED) is 0.350. The van der Waals surface area contributed by atoms with Crippen LogP contribution in [0.2, 0.25) is 5.02 Å². The van der Waals surface area contributed by atoms with Crippen LogP contribution >= 0.6 is 11.6 Å². The first-order chi connectivity index (χ1) is 16.9. The number of halogens is 1. The Hall–Kier alpha value is -2.33. The smallest absolute Gasteiger partial charge is 0.161 e. The normalized spacial score (nSPS) is 24.9. The van der Waals surface area contributed by atoms with Gasteiger partial charge in [0.1, 0.15) is 31.7 Å². The highest BCUT2D eigenvalue weighted by atomic mass is 35.5. The van der Waals surface area contributed by atoms with Crippen molar-refractivity contribution < 1.29 is 29.9 Å². The molecule has 2 aliphatic heterocycles. The topological polar surface area (TPSA) is 115 Å². The van der Waals surface area contributed by atoms with Gasteiger partial charge in [-0.1, -0.05) is 35.9 Å². The van der Waals surface area contributed by atoms with Gasteiger partial charge in [0.05, 0.1) is 18.8 Å². The third-order valence-corrected chi connectivity index (χ3v) is 6.72. The third kappa shape index (κ3) is 6.67. The number of hydrogen-bond acceptors (Lipinski definition) is 8. The molecule has 0 amide bonds. The standard InChI is InChI=1S/C26H33ClN2O6/c27-20-11-19(24-16-34-9-10-35-24)12-21(13-20)28-7-5-17-1-3-18(4-2-17)6-8-29-14-23(31)26(33)25(32)22(29)15-30/h1-4,11-13,16,22-23,25-26,28,30-33H,5-10,14-15H2/t22-,23+,25-,26-/m1/s1. The molecule has 0 saturated carbocycles. The summed E-state index contributed by atoms with van der Waals surface area (Å²) in [5.41, 5.74) is 4.09. The number of ether oxygens (including phenoxy) is 2. The van der Waals surface area contributed by atoms with Gasteiger partial charge >= 0.3 is 0 Å². The Kier molecular flexibility index (Phi) is 8.89. The van der Waals surface area contributed by atoms with Crippen LogP contribution in [0.3, 0.4) is 0 Å². The number of hydrogen-bond donors (Lipinski definition) is 5. The van der Waals surface area contributed by atoms with Crippen LogP contribution in [0, 0.1) is 0 Å². The maximum atomic E-state index is 10.1. The van der Waals surface area contributed by atoms with E-state index in [0.717, 1.165) is 29.8 Å². The molecule has 2 aliphatic rings. The van der Waals surface area contributed by atoms with Gasteiger partial charge in [-0.15, -0.1) is 0 Å². The fourth-order valence-electron chi connectivity index (χ4n) is 4.49. The Morgan fingerprint density at radius 2 is 1.71 bits per heavy atom. The monoisotopic (exact) mass is 504 g/mol. The van der Waals surface area contributed by atoms with Gasteiger partial charge in [-0.3, -0.25) is 4.90 Å². The highest BCUT2D eigenvalue weighted by Crippen LogP contribution is 2.26. The Balaban J connectivity index is 1.27. The minimum absolute atomic E-state index is 0.217. The summed E-state index contributed by atoms with van der Waals surface area (Å²) in [5.74, 6) is 0.674. The van der Waals surface area contributed by atoms with Crippen molar-refractivity contribution in [1.82, 2.24) is 4.90 Å². The summed E-state index contributed by atoms with van der Waals surface area (Å²) in [5, 5.41) is 43.6. The number of nitrogens with zero attached hydrogens (tertiary/aromatic N) is 1. The van der Waals surface area contributed by atoms with Gasteiger partial charge in [-0.05, 0) is 42.2 Å². The number of aliphatic hydroxyl groups excluding tert-OH is 4. The van der Waals surface area contributed by atoms with E-state index in [0.29, 0.717) is 37.0 Å². The van der Waals surface area contributed by atoms with Crippen LogP contribution in [0.1, 0.15) is 16.7 Å². The molecular formula is C26H33ClN2O6. The predicted molar refractivity (Wildman–Crippen MR) is 134 cm³/mol. The molecule has 0 unspecified atom stereocenters. The fraction of sp³-hybridized carbons (Fsp3) is 0.462. The van der Waals surface area contributed by atoms with Crippen LogP contribution in [0.25, 0.3) is 5.76 Å². The Bertz CT molecular complexity index is 1000. The van der Waals surface area contributed by atoms with Crippen molar-refractivity contribution in [1.29, 1.82) is 0 Å². The van der Waals surface area contributed by atoms with E-state index in [2.05, 4.69) is 29.6 Å². The SMILES string of the molecule is OC[C@@H]1[C@@H](O)[C@H](O)[C@@H](O)CN1CCc1ccc(CCNc2cc(Cl)cc(C3=COCCO3)c2)cc1. The number of anilines is 1. The first kappa shape index (κ1) is 25.8. The number of benzene rings is 2. The second-order valence-electron chi connectivity index (χ2n) is 8.97. The molecule has 4 rings (SSSR count). The molecular weight excluding hydrogens is 472 g/mol. The van der Waals surface area contributed by atoms with E-state index >= 15 is 0 Å². The molecule has 2 heterocycles. The molecule has 9 heteroatoms. The lowest BCUT2D eigenvalue weighted by atomic mass is 9.93. The summed E-state index contributed by atoms with van der Waals surface area (Å²) < 4.78 is 11.0. The molecule has 190 valence electrons. The maximum absolute atomic E-state index is 10.1. The number of piperidine rings is 1. The van der Waals surface area contributed by atoms with Gasteiger partial charge in [0.25, 0.3) is 0 Å². The van der Waals surface area contributed by atoms with Gasteiger partial charge in [-0.2, -0.15) is 0 Å². The van der Waals surface area contributed by atoms with Gasteiger partial charge in [0, 0.05) is 35.9 Å². The lowest BCUT2D eigenvalue weighted by molar-refractivity contribution is -0.144. The van der Waals surface area contributed by atoms with Crippen molar-refractivity contribution in [3.8, 4) is 0 Å². The van der Waals surface area contributed by atoms with E-state index in [9.17, 15) is 20.4 Å². The molecule has 1 fully saturated rings. The number of aliphatic hydroxyl groups is 4. The number of likely N-dealkylation sites (tertiary alicyclic amines) is 1. The molecule has 8 nitrogen and oxygen atoms in total. The van der Waals surface area contributed by atoms with Gasteiger partial charge in [0.2, 0.25) is 0 Å². The Morgan fingerprint density at radius 3 is 2.40 bits per heavy atom. The molecule has 35 heavy (non-hydrogen) atoms. The van der Waals surface area contributed by atoms with E-state index < -0.39 is 24.4 Å². The van der Waals surface area contributed by atoms with Crippen molar-refractivity contribution in [3.05, 3.63) is 70.4 Å². The number of rotatable bonds is 9. The van der Waals surface area contributed by atoms with Crippen molar-refractivity contribution in [2.24, 2.45) is 0 Å². The predicted octanol–water partition coefficient (Wildman–Crippen LogP) is 1.64. The first-order valence-electron chi connectivity index (χ1n) is 11.9. The summed E-state index contributed by atoms with van der Waals surface area (Å²) in [6.45, 7) is 2.31. The Labute approximate surface area is 210 Å². The molecule has 0 radical (unpaired) electrons. The Morgan fingerprint density at radius 1 is 0.971 bits per heavy atom. The highest BCUT2D eigenvalue weighted by Gasteiger charge is 2.40. The van der Waals surface area contributed by atoms with Crippen LogP contribution in [-0.4, -0.2) is 89.1 Å². The van der Waals surface area contributed by atoms with Gasteiger partial charge < -0.3 is 35.2 Å². The van der Waals surface area contributed by atoms with Crippen molar-refractivity contribution >= 4 is 23.0 Å². The summed E-state index contributed by atoms with van der Waals surface area (Å²) >= 11 is 6.29. The third-order valence-electron chi connectivity index (χ3n) is 6.50. The van der Waals surface area contributed by atoms with E-state index in [1.54, 1.807) is 6.26 Å². The summed E-state index contributed by atoms with van der Waals surface area (Å²) in [4.78, 5) is 1.83. The fourth-order valence-corrected chi connectivity index (χ4v) is 4.72. The van der Waals surface area contributed by atoms with E-state index in [1.807, 2.05) is 23.1 Å². The van der Waals surface area contributed by atoms with E-state index in [-0.39, 0.29) is 13.2 Å². The first-order valence-corrected chi connectivity index (χ1v) is 12.3. The molecule has 0 aromatic heterocycles. The second kappa shape index (κ2) is 12.1. The van der Waals surface area contributed by atoms with Crippen molar-refractivity contribution in [2.75, 3.05) is 44.8 Å².